The highest BCUT2D eigenvalue weighted by molar-refractivity contribution is 7.13. The van der Waals surface area contributed by atoms with E-state index in [0.717, 1.165) is 42.6 Å². The van der Waals surface area contributed by atoms with Gasteiger partial charge in [-0.1, -0.05) is 30.3 Å². The van der Waals surface area contributed by atoms with Crippen LogP contribution in [0.25, 0.3) is 0 Å². The van der Waals surface area contributed by atoms with Crippen molar-refractivity contribution in [2.75, 3.05) is 44.2 Å². The zero-order valence-electron chi connectivity index (χ0n) is 14.1. The third-order valence-electron chi connectivity index (χ3n) is 4.14. The lowest BCUT2D eigenvalue weighted by molar-refractivity contribution is 0.00914. The predicted molar refractivity (Wildman–Crippen MR) is 97.6 cm³/mol. The number of hydrogen-bond donors (Lipinski definition) is 1. The molecule has 1 fully saturated rings. The fourth-order valence-electron chi connectivity index (χ4n) is 2.85. The van der Waals surface area contributed by atoms with Crippen molar-refractivity contribution in [3.8, 4) is 0 Å². The number of aliphatic hydroxyl groups excluding tert-OH is 1. The van der Waals surface area contributed by atoms with Crippen LogP contribution in [-0.2, 0) is 11.3 Å². The van der Waals surface area contributed by atoms with E-state index < -0.39 is 6.10 Å². The van der Waals surface area contributed by atoms with E-state index in [-0.39, 0.29) is 0 Å². The van der Waals surface area contributed by atoms with Gasteiger partial charge in [-0.3, -0.25) is 4.90 Å². The van der Waals surface area contributed by atoms with Gasteiger partial charge in [0.2, 0.25) is 0 Å². The summed E-state index contributed by atoms with van der Waals surface area (Å²) >= 11 is 1.71. The number of rotatable bonds is 7. The van der Waals surface area contributed by atoms with Gasteiger partial charge in [-0.25, -0.2) is 4.98 Å². The SMILES string of the molecule is Cc1csc(N2CCN(C[C@H](O)COCc3ccccc3)CC2)n1. The fraction of sp³-hybridized carbons (Fsp3) is 0.500. The highest BCUT2D eigenvalue weighted by atomic mass is 32.1. The van der Waals surface area contributed by atoms with E-state index in [4.69, 9.17) is 4.74 Å². The first-order chi connectivity index (χ1) is 11.7. The number of aryl methyl sites for hydroxylation is 1. The molecule has 0 aliphatic carbocycles. The minimum Gasteiger partial charge on any atom is -0.389 e. The molecule has 0 radical (unpaired) electrons. The molecule has 1 atom stereocenters. The van der Waals surface area contributed by atoms with Crippen LogP contribution in [0.3, 0.4) is 0 Å². The number of aromatic nitrogens is 1. The Labute approximate surface area is 147 Å². The summed E-state index contributed by atoms with van der Waals surface area (Å²) in [5.74, 6) is 0. The summed E-state index contributed by atoms with van der Waals surface area (Å²) in [5, 5.41) is 13.4. The standard InChI is InChI=1S/C18H25N3O2S/c1-15-14-24-18(19-15)21-9-7-20(8-10-21)11-17(22)13-23-12-16-5-3-2-4-6-16/h2-6,14,17,22H,7-13H2,1H3/t17-/m0/s1. The van der Waals surface area contributed by atoms with Crippen LogP contribution in [0.5, 0.6) is 0 Å². The molecule has 0 unspecified atom stereocenters. The van der Waals surface area contributed by atoms with Crippen LogP contribution in [0.2, 0.25) is 0 Å². The van der Waals surface area contributed by atoms with Gasteiger partial charge >= 0.3 is 0 Å². The molecule has 6 heteroatoms. The monoisotopic (exact) mass is 347 g/mol. The van der Waals surface area contributed by atoms with E-state index in [1.165, 1.54) is 0 Å². The van der Waals surface area contributed by atoms with E-state index in [9.17, 15) is 5.11 Å². The summed E-state index contributed by atoms with van der Waals surface area (Å²) < 4.78 is 5.62. The lowest BCUT2D eigenvalue weighted by Crippen LogP contribution is -2.49. The van der Waals surface area contributed by atoms with Crippen molar-refractivity contribution in [3.05, 3.63) is 47.0 Å². The average molecular weight is 347 g/mol. The molecule has 0 amide bonds. The second-order valence-electron chi connectivity index (χ2n) is 6.21. The maximum Gasteiger partial charge on any atom is 0.185 e. The summed E-state index contributed by atoms with van der Waals surface area (Å²) in [6.45, 7) is 7.45. The van der Waals surface area contributed by atoms with Gasteiger partial charge in [0.05, 0.1) is 25.0 Å². The lowest BCUT2D eigenvalue weighted by atomic mass is 10.2. The maximum atomic E-state index is 10.2. The Bertz CT molecular complexity index is 612. The van der Waals surface area contributed by atoms with E-state index >= 15 is 0 Å². The third kappa shape index (κ3) is 5.01. The Kier molecular flexibility index (Phi) is 6.20. The first-order valence-electron chi connectivity index (χ1n) is 8.40. The van der Waals surface area contributed by atoms with E-state index in [0.29, 0.717) is 19.8 Å². The van der Waals surface area contributed by atoms with Crippen LogP contribution in [0, 0.1) is 6.92 Å². The molecule has 5 nitrogen and oxygen atoms in total. The summed E-state index contributed by atoms with van der Waals surface area (Å²) in [5.41, 5.74) is 2.22. The molecular weight excluding hydrogens is 322 g/mol. The Hall–Kier alpha value is -1.47. The molecule has 2 heterocycles. The minimum absolute atomic E-state index is 0.376. The minimum atomic E-state index is -0.442. The molecule has 2 aromatic rings. The highest BCUT2D eigenvalue weighted by Crippen LogP contribution is 2.21. The van der Waals surface area contributed by atoms with Gasteiger partial charge in [0.15, 0.2) is 5.13 Å². The predicted octanol–water partition coefficient (Wildman–Crippen LogP) is 2.15. The molecule has 1 aliphatic rings. The van der Waals surface area contributed by atoms with Crippen molar-refractivity contribution in [2.24, 2.45) is 0 Å². The lowest BCUT2D eigenvalue weighted by Gasteiger charge is -2.35. The molecule has 1 aromatic carbocycles. The molecule has 0 bridgehead atoms. The topological polar surface area (TPSA) is 48.8 Å². The van der Waals surface area contributed by atoms with Gasteiger partial charge in [0.25, 0.3) is 0 Å². The Morgan fingerprint density at radius 1 is 1.21 bits per heavy atom. The molecule has 130 valence electrons. The highest BCUT2D eigenvalue weighted by Gasteiger charge is 2.21. The number of benzene rings is 1. The zero-order valence-corrected chi connectivity index (χ0v) is 14.9. The summed E-state index contributed by atoms with van der Waals surface area (Å²) in [6.07, 6.45) is -0.442. The van der Waals surface area contributed by atoms with Crippen LogP contribution in [0.1, 0.15) is 11.3 Å². The van der Waals surface area contributed by atoms with Gasteiger partial charge in [0, 0.05) is 38.1 Å². The number of hydrogen-bond acceptors (Lipinski definition) is 6. The molecule has 0 spiro atoms. The van der Waals surface area contributed by atoms with Crippen molar-refractivity contribution in [1.82, 2.24) is 9.88 Å². The molecule has 1 aromatic heterocycles. The van der Waals surface area contributed by atoms with Crippen LogP contribution >= 0.6 is 11.3 Å². The van der Waals surface area contributed by atoms with E-state index in [1.54, 1.807) is 11.3 Å². The Morgan fingerprint density at radius 2 is 1.96 bits per heavy atom. The van der Waals surface area contributed by atoms with E-state index in [1.807, 2.05) is 37.3 Å². The van der Waals surface area contributed by atoms with Crippen LogP contribution in [0.4, 0.5) is 5.13 Å². The van der Waals surface area contributed by atoms with Crippen LogP contribution in [0.15, 0.2) is 35.7 Å². The molecule has 3 rings (SSSR count). The fourth-order valence-corrected chi connectivity index (χ4v) is 3.70. The van der Waals surface area contributed by atoms with Crippen molar-refractivity contribution in [1.29, 1.82) is 0 Å². The molecule has 1 saturated heterocycles. The largest absolute Gasteiger partial charge is 0.389 e. The maximum absolute atomic E-state index is 10.2. The first-order valence-corrected chi connectivity index (χ1v) is 9.28. The number of anilines is 1. The van der Waals surface area contributed by atoms with Crippen LogP contribution in [-0.4, -0.2) is 60.4 Å². The summed E-state index contributed by atoms with van der Waals surface area (Å²) in [6, 6.07) is 10.1. The van der Waals surface area contributed by atoms with E-state index in [2.05, 4.69) is 20.2 Å². The van der Waals surface area contributed by atoms with Gasteiger partial charge in [-0.05, 0) is 12.5 Å². The Balaban J connectivity index is 1.35. The molecule has 1 N–H and O–H groups in total. The first kappa shape index (κ1) is 17.4. The number of thiazole rings is 1. The summed E-state index contributed by atoms with van der Waals surface area (Å²) in [4.78, 5) is 9.17. The third-order valence-corrected chi connectivity index (χ3v) is 5.16. The van der Waals surface area contributed by atoms with Crippen molar-refractivity contribution < 1.29 is 9.84 Å². The number of β-amino-alcohol motifs (C(OH)–C–C–N with tert-alkyl or cyclic N) is 1. The number of nitrogens with zero attached hydrogens (tertiary/aromatic N) is 3. The van der Waals surface area contributed by atoms with Crippen molar-refractivity contribution in [2.45, 2.75) is 19.6 Å². The van der Waals surface area contributed by atoms with Gasteiger partial charge in [-0.15, -0.1) is 11.3 Å². The average Bonchev–Trinajstić information content (AvgIpc) is 3.03. The number of piperazine rings is 1. The molecule has 24 heavy (non-hydrogen) atoms. The van der Waals surface area contributed by atoms with Gasteiger partial charge in [-0.2, -0.15) is 0 Å². The normalized spacial score (nSPS) is 17.2. The van der Waals surface area contributed by atoms with Gasteiger partial charge in [0.1, 0.15) is 0 Å². The van der Waals surface area contributed by atoms with Crippen LogP contribution < -0.4 is 4.90 Å². The Morgan fingerprint density at radius 3 is 2.62 bits per heavy atom. The zero-order chi connectivity index (χ0) is 16.8. The second-order valence-corrected chi connectivity index (χ2v) is 7.05. The molecule has 1 aliphatic heterocycles. The quantitative estimate of drug-likeness (QED) is 0.832. The second kappa shape index (κ2) is 8.58. The van der Waals surface area contributed by atoms with Crippen molar-refractivity contribution in [3.63, 3.8) is 0 Å². The smallest absolute Gasteiger partial charge is 0.185 e. The summed E-state index contributed by atoms with van der Waals surface area (Å²) in [7, 11) is 0. The number of ether oxygens (including phenoxy) is 1. The molecule has 0 saturated carbocycles. The van der Waals surface area contributed by atoms with Crippen molar-refractivity contribution >= 4 is 16.5 Å². The number of aliphatic hydroxyl groups is 1. The molecular formula is C18H25N3O2S. The van der Waals surface area contributed by atoms with Gasteiger partial charge < -0.3 is 14.7 Å².